The van der Waals surface area contributed by atoms with Gasteiger partial charge < -0.3 is 4.74 Å². The molecule has 1 aromatic heterocycles. The molecule has 2 rings (SSSR count). The molecule has 0 unspecified atom stereocenters. The number of thiazole rings is 1. The zero-order valence-corrected chi connectivity index (χ0v) is 10.8. The molecular formula is C13H11FN2OS. The van der Waals surface area contributed by atoms with Crippen LogP contribution in [0.2, 0.25) is 0 Å². The third kappa shape index (κ3) is 2.34. The molecule has 0 aliphatic heterocycles. The van der Waals surface area contributed by atoms with Crippen LogP contribution in [0, 0.1) is 24.1 Å². The number of ether oxygens (including phenoxy) is 1. The number of methoxy groups -OCH3 is 1. The quantitative estimate of drug-likeness (QED) is 0.852. The Balaban J connectivity index is 2.40. The fraction of sp³-hybridized carbons (Fsp3) is 0.231. The summed E-state index contributed by atoms with van der Waals surface area (Å²) in [5.41, 5.74) is 1.46. The Morgan fingerprint density at radius 1 is 1.50 bits per heavy atom. The van der Waals surface area contributed by atoms with Crippen molar-refractivity contribution < 1.29 is 9.13 Å². The third-order valence-corrected chi connectivity index (χ3v) is 3.60. The Labute approximate surface area is 108 Å². The molecule has 1 aromatic carbocycles. The fourth-order valence-corrected chi connectivity index (χ4v) is 2.52. The zero-order valence-electron chi connectivity index (χ0n) is 10.0. The molecule has 5 heteroatoms. The van der Waals surface area contributed by atoms with Gasteiger partial charge in [-0.2, -0.15) is 5.26 Å². The number of benzene rings is 1. The minimum Gasteiger partial charge on any atom is -0.494 e. The van der Waals surface area contributed by atoms with Gasteiger partial charge in [-0.25, -0.2) is 9.37 Å². The number of rotatable bonds is 3. The topological polar surface area (TPSA) is 45.9 Å². The first-order valence-corrected chi connectivity index (χ1v) is 6.14. The van der Waals surface area contributed by atoms with Gasteiger partial charge in [0.25, 0.3) is 0 Å². The van der Waals surface area contributed by atoms with Gasteiger partial charge in [0.1, 0.15) is 5.01 Å². The molecule has 2 aromatic rings. The average molecular weight is 262 g/mol. The highest BCUT2D eigenvalue weighted by atomic mass is 32.1. The van der Waals surface area contributed by atoms with E-state index in [0.717, 1.165) is 15.6 Å². The van der Waals surface area contributed by atoms with Gasteiger partial charge in [-0.1, -0.05) is 0 Å². The Morgan fingerprint density at radius 2 is 2.28 bits per heavy atom. The summed E-state index contributed by atoms with van der Waals surface area (Å²) in [5.74, 6) is -0.200. The van der Waals surface area contributed by atoms with Crippen molar-refractivity contribution in [2.24, 2.45) is 0 Å². The Kier molecular flexibility index (Phi) is 3.58. The second-order valence-corrected chi connectivity index (χ2v) is 4.91. The minimum atomic E-state index is -0.412. The van der Waals surface area contributed by atoms with Gasteiger partial charge in [0, 0.05) is 10.4 Å². The van der Waals surface area contributed by atoms with Crippen LogP contribution in [0.3, 0.4) is 0 Å². The van der Waals surface area contributed by atoms with E-state index >= 15 is 0 Å². The molecule has 0 aliphatic rings. The Morgan fingerprint density at radius 3 is 2.89 bits per heavy atom. The van der Waals surface area contributed by atoms with Gasteiger partial charge in [-0.15, -0.1) is 11.3 Å². The lowest BCUT2D eigenvalue weighted by Gasteiger charge is -2.02. The number of aryl methyl sites for hydroxylation is 1. The number of aromatic nitrogens is 1. The summed E-state index contributed by atoms with van der Waals surface area (Å²) in [7, 11) is 1.43. The van der Waals surface area contributed by atoms with Crippen molar-refractivity contribution in [3.8, 4) is 22.4 Å². The predicted octanol–water partition coefficient (Wildman–Crippen LogP) is 3.33. The second kappa shape index (κ2) is 5.15. The SMILES string of the molecule is COc1ccc(-c2nc(CC#N)c(C)s2)cc1F. The van der Waals surface area contributed by atoms with E-state index in [2.05, 4.69) is 11.1 Å². The molecule has 0 N–H and O–H groups in total. The van der Waals surface area contributed by atoms with Crippen LogP contribution in [0.25, 0.3) is 10.6 Å². The number of halogens is 1. The van der Waals surface area contributed by atoms with E-state index < -0.39 is 5.82 Å². The van der Waals surface area contributed by atoms with E-state index in [4.69, 9.17) is 10.00 Å². The molecule has 0 aliphatic carbocycles. The summed E-state index contributed by atoms with van der Waals surface area (Å²) >= 11 is 1.46. The lowest BCUT2D eigenvalue weighted by atomic mass is 10.2. The number of nitriles is 1. The van der Waals surface area contributed by atoms with Gasteiger partial charge in [0.2, 0.25) is 0 Å². The summed E-state index contributed by atoms with van der Waals surface area (Å²) in [4.78, 5) is 5.34. The first-order chi connectivity index (χ1) is 8.65. The molecular weight excluding hydrogens is 251 g/mol. The van der Waals surface area contributed by atoms with Crippen LogP contribution in [-0.2, 0) is 6.42 Å². The molecule has 18 heavy (non-hydrogen) atoms. The van der Waals surface area contributed by atoms with Crippen molar-refractivity contribution in [3.63, 3.8) is 0 Å². The summed E-state index contributed by atoms with van der Waals surface area (Å²) in [6.45, 7) is 1.91. The smallest absolute Gasteiger partial charge is 0.165 e. The van der Waals surface area contributed by atoms with Crippen molar-refractivity contribution in [3.05, 3.63) is 34.6 Å². The average Bonchev–Trinajstić information content (AvgIpc) is 2.71. The van der Waals surface area contributed by atoms with Crippen molar-refractivity contribution >= 4 is 11.3 Å². The highest BCUT2D eigenvalue weighted by Gasteiger charge is 2.11. The Hall–Kier alpha value is -1.93. The molecule has 0 bridgehead atoms. The summed E-state index contributed by atoms with van der Waals surface area (Å²) < 4.78 is 18.5. The highest BCUT2D eigenvalue weighted by Crippen LogP contribution is 2.30. The van der Waals surface area contributed by atoms with E-state index in [0.29, 0.717) is 5.56 Å². The molecule has 0 spiro atoms. The molecule has 0 amide bonds. The van der Waals surface area contributed by atoms with E-state index in [1.165, 1.54) is 24.5 Å². The van der Waals surface area contributed by atoms with Crippen LogP contribution in [0.4, 0.5) is 4.39 Å². The number of hydrogen-bond donors (Lipinski definition) is 0. The van der Waals surface area contributed by atoms with Gasteiger partial charge in [0.15, 0.2) is 11.6 Å². The van der Waals surface area contributed by atoms with Crippen LogP contribution in [0.5, 0.6) is 5.75 Å². The largest absolute Gasteiger partial charge is 0.494 e. The van der Waals surface area contributed by atoms with Crippen LogP contribution in [0.15, 0.2) is 18.2 Å². The van der Waals surface area contributed by atoms with Crippen LogP contribution in [0.1, 0.15) is 10.6 Å². The van der Waals surface area contributed by atoms with Crippen molar-refractivity contribution in [2.45, 2.75) is 13.3 Å². The van der Waals surface area contributed by atoms with Crippen LogP contribution < -0.4 is 4.74 Å². The summed E-state index contributed by atoms with van der Waals surface area (Å²) in [6.07, 6.45) is 0.279. The maximum Gasteiger partial charge on any atom is 0.165 e. The first kappa shape index (κ1) is 12.5. The molecule has 0 fully saturated rings. The maximum atomic E-state index is 13.6. The van der Waals surface area contributed by atoms with Crippen molar-refractivity contribution in [1.29, 1.82) is 5.26 Å². The molecule has 1 heterocycles. The molecule has 0 atom stereocenters. The number of hydrogen-bond acceptors (Lipinski definition) is 4. The highest BCUT2D eigenvalue weighted by molar-refractivity contribution is 7.15. The van der Waals surface area contributed by atoms with Crippen molar-refractivity contribution in [1.82, 2.24) is 4.98 Å². The van der Waals surface area contributed by atoms with Gasteiger partial charge in [-0.05, 0) is 25.1 Å². The summed E-state index contributed by atoms with van der Waals surface area (Å²) in [6, 6.07) is 6.80. The fourth-order valence-electron chi connectivity index (χ4n) is 1.59. The lowest BCUT2D eigenvalue weighted by Crippen LogP contribution is -1.89. The first-order valence-electron chi connectivity index (χ1n) is 5.33. The molecule has 0 saturated carbocycles. The van der Waals surface area contributed by atoms with Gasteiger partial charge >= 0.3 is 0 Å². The molecule has 0 radical (unpaired) electrons. The van der Waals surface area contributed by atoms with Gasteiger partial charge in [-0.3, -0.25) is 0 Å². The molecule has 92 valence electrons. The minimum absolute atomic E-state index is 0.212. The van der Waals surface area contributed by atoms with E-state index in [-0.39, 0.29) is 12.2 Å². The molecule has 3 nitrogen and oxygen atoms in total. The molecule has 0 saturated heterocycles. The van der Waals surface area contributed by atoms with Gasteiger partial charge in [0.05, 0.1) is 25.3 Å². The lowest BCUT2D eigenvalue weighted by molar-refractivity contribution is 0.386. The maximum absolute atomic E-state index is 13.6. The predicted molar refractivity (Wildman–Crippen MR) is 68.1 cm³/mol. The summed E-state index contributed by atoms with van der Waals surface area (Å²) in [5, 5.41) is 9.40. The monoisotopic (exact) mass is 262 g/mol. The van der Waals surface area contributed by atoms with Crippen LogP contribution in [-0.4, -0.2) is 12.1 Å². The van der Waals surface area contributed by atoms with E-state index in [1.54, 1.807) is 12.1 Å². The van der Waals surface area contributed by atoms with E-state index in [1.807, 2.05) is 6.92 Å². The standard InChI is InChI=1S/C13H11FN2OS/c1-8-11(5-6-15)16-13(18-8)9-3-4-12(17-2)10(14)7-9/h3-4,7H,5H2,1-2H3. The number of nitrogens with zero attached hydrogens (tertiary/aromatic N) is 2. The second-order valence-electron chi connectivity index (χ2n) is 3.71. The zero-order chi connectivity index (χ0) is 13.1. The van der Waals surface area contributed by atoms with Crippen molar-refractivity contribution in [2.75, 3.05) is 7.11 Å². The Bertz CT molecular complexity index is 616. The van der Waals surface area contributed by atoms with Crippen LogP contribution >= 0.6 is 11.3 Å². The normalized spacial score (nSPS) is 10.1. The van der Waals surface area contributed by atoms with E-state index in [9.17, 15) is 4.39 Å². The third-order valence-electron chi connectivity index (χ3n) is 2.54.